The predicted octanol–water partition coefficient (Wildman–Crippen LogP) is 2.18. The fraction of sp³-hybridized carbons (Fsp3) is 0.778. The van der Waals surface area contributed by atoms with Gasteiger partial charge in [0.05, 0.1) is 0 Å². The SMILES string of the molecule is [Si]CCC1CC2C=CC1C2. The molecule has 0 heterocycles. The molecule has 2 bridgehead atoms. The minimum Gasteiger partial charge on any atom is -0.0851 e. The summed E-state index contributed by atoms with van der Waals surface area (Å²) in [6.45, 7) is 0. The van der Waals surface area contributed by atoms with Crippen LogP contribution in [0, 0.1) is 17.8 Å². The van der Waals surface area contributed by atoms with Gasteiger partial charge in [0.25, 0.3) is 0 Å². The predicted molar refractivity (Wildman–Crippen MR) is 44.0 cm³/mol. The molecule has 3 unspecified atom stereocenters. The van der Waals surface area contributed by atoms with Gasteiger partial charge in [-0.25, -0.2) is 0 Å². The molecule has 0 nitrogen and oxygen atoms in total. The van der Waals surface area contributed by atoms with Crippen LogP contribution < -0.4 is 0 Å². The van der Waals surface area contributed by atoms with E-state index in [1.54, 1.807) is 0 Å². The molecule has 0 spiro atoms. The lowest BCUT2D eigenvalue weighted by atomic mass is 9.91. The van der Waals surface area contributed by atoms with Crippen LogP contribution in [-0.4, -0.2) is 10.2 Å². The molecule has 3 radical (unpaired) electrons. The highest BCUT2D eigenvalue weighted by molar-refractivity contribution is 6.08. The summed E-state index contributed by atoms with van der Waals surface area (Å²) in [6.07, 6.45) is 9.14. The zero-order chi connectivity index (χ0) is 6.97. The monoisotopic (exact) mass is 149 g/mol. The lowest BCUT2D eigenvalue weighted by Crippen LogP contribution is -2.05. The summed E-state index contributed by atoms with van der Waals surface area (Å²) in [5.74, 6) is 2.90. The van der Waals surface area contributed by atoms with Crippen LogP contribution >= 0.6 is 0 Å². The summed E-state index contributed by atoms with van der Waals surface area (Å²) in [4.78, 5) is 0. The minimum atomic E-state index is 0.946. The number of fused-ring (bicyclic) bond motifs is 2. The molecule has 2 rings (SSSR count). The van der Waals surface area contributed by atoms with Crippen molar-refractivity contribution in [2.24, 2.45) is 17.8 Å². The molecular weight excluding hydrogens is 136 g/mol. The van der Waals surface area contributed by atoms with Crippen molar-refractivity contribution in [3.8, 4) is 0 Å². The van der Waals surface area contributed by atoms with E-state index in [0.29, 0.717) is 0 Å². The van der Waals surface area contributed by atoms with E-state index < -0.39 is 0 Å². The van der Waals surface area contributed by atoms with Gasteiger partial charge in [-0.1, -0.05) is 24.6 Å². The van der Waals surface area contributed by atoms with Gasteiger partial charge >= 0.3 is 0 Å². The normalized spacial score (nSPS) is 43.1. The van der Waals surface area contributed by atoms with Crippen LogP contribution in [0.25, 0.3) is 0 Å². The van der Waals surface area contributed by atoms with Crippen LogP contribution in [0.15, 0.2) is 12.2 Å². The second-order valence-electron chi connectivity index (χ2n) is 3.58. The summed E-state index contributed by atoms with van der Waals surface area (Å²) in [5, 5.41) is 0. The summed E-state index contributed by atoms with van der Waals surface area (Å²) >= 11 is 0. The molecule has 1 saturated carbocycles. The fourth-order valence-corrected chi connectivity index (χ4v) is 2.78. The maximum absolute atomic E-state index is 3.55. The highest BCUT2D eigenvalue weighted by Gasteiger charge is 2.34. The fourth-order valence-electron chi connectivity index (χ4n) is 2.41. The van der Waals surface area contributed by atoms with Gasteiger partial charge in [-0.05, 0) is 30.6 Å². The summed E-state index contributed by atoms with van der Waals surface area (Å²) in [7, 11) is 3.55. The topological polar surface area (TPSA) is 0 Å². The van der Waals surface area contributed by atoms with Crippen molar-refractivity contribution >= 4 is 10.2 Å². The Morgan fingerprint density at radius 1 is 1.30 bits per heavy atom. The summed E-state index contributed by atoms with van der Waals surface area (Å²) in [6, 6.07) is 1.18. The zero-order valence-electron chi connectivity index (χ0n) is 6.22. The van der Waals surface area contributed by atoms with E-state index in [-0.39, 0.29) is 0 Å². The molecule has 0 aromatic carbocycles. The highest BCUT2D eigenvalue weighted by Crippen LogP contribution is 2.45. The third-order valence-corrected chi connectivity index (χ3v) is 3.22. The van der Waals surface area contributed by atoms with E-state index in [1.165, 1.54) is 25.3 Å². The van der Waals surface area contributed by atoms with Gasteiger partial charge < -0.3 is 0 Å². The van der Waals surface area contributed by atoms with Crippen molar-refractivity contribution in [3.05, 3.63) is 12.2 Å². The van der Waals surface area contributed by atoms with Crippen molar-refractivity contribution in [2.45, 2.75) is 25.3 Å². The zero-order valence-corrected chi connectivity index (χ0v) is 7.22. The van der Waals surface area contributed by atoms with E-state index in [2.05, 4.69) is 22.4 Å². The first-order valence-electron chi connectivity index (χ1n) is 4.23. The standard InChI is InChI=1S/C9H13Si/c10-4-3-9-6-7-1-2-8(9)5-7/h1-2,7-9H,3-6H2. The first-order chi connectivity index (χ1) is 4.90. The number of rotatable bonds is 2. The first-order valence-corrected chi connectivity index (χ1v) is 4.94. The lowest BCUT2D eigenvalue weighted by Gasteiger charge is -2.16. The molecule has 3 atom stereocenters. The molecule has 1 fully saturated rings. The van der Waals surface area contributed by atoms with Gasteiger partial charge in [-0.2, -0.15) is 0 Å². The Labute approximate surface area is 66.1 Å². The molecular formula is C9H13Si. The van der Waals surface area contributed by atoms with Crippen LogP contribution in [-0.2, 0) is 0 Å². The quantitative estimate of drug-likeness (QED) is 0.417. The molecule has 0 N–H and O–H groups in total. The number of hydrogen-bond acceptors (Lipinski definition) is 0. The van der Waals surface area contributed by atoms with E-state index >= 15 is 0 Å². The van der Waals surface area contributed by atoms with Crippen LogP contribution in [0.3, 0.4) is 0 Å². The Bertz CT molecular complexity index is 151. The summed E-state index contributed by atoms with van der Waals surface area (Å²) < 4.78 is 0. The molecule has 2 aliphatic rings. The van der Waals surface area contributed by atoms with Gasteiger partial charge in [0.2, 0.25) is 0 Å². The molecule has 0 aromatic heterocycles. The smallest absolute Gasteiger partial charge is 0.0222 e. The van der Waals surface area contributed by atoms with Gasteiger partial charge in [0.15, 0.2) is 0 Å². The first kappa shape index (κ1) is 6.65. The van der Waals surface area contributed by atoms with Crippen molar-refractivity contribution < 1.29 is 0 Å². The molecule has 0 aromatic rings. The molecule has 10 heavy (non-hydrogen) atoms. The maximum Gasteiger partial charge on any atom is 0.0222 e. The van der Waals surface area contributed by atoms with E-state index in [1.807, 2.05) is 0 Å². The molecule has 2 aliphatic carbocycles. The summed E-state index contributed by atoms with van der Waals surface area (Å²) in [5.41, 5.74) is 0. The number of hydrogen-bond donors (Lipinski definition) is 0. The Morgan fingerprint density at radius 3 is 2.70 bits per heavy atom. The van der Waals surface area contributed by atoms with Crippen LogP contribution in [0.2, 0.25) is 6.04 Å². The van der Waals surface area contributed by atoms with Gasteiger partial charge in [-0.3, -0.25) is 0 Å². The Morgan fingerprint density at radius 2 is 2.20 bits per heavy atom. The van der Waals surface area contributed by atoms with Crippen LogP contribution in [0.4, 0.5) is 0 Å². The molecule has 0 saturated heterocycles. The van der Waals surface area contributed by atoms with Crippen molar-refractivity contribution in [3.63, 3.8) is 0 Å². The Balaban J connectivity index is 1.96. The third kappa shape index (κ3) is 0.967. The number of allylic oxidation sites excluding steroid dienone is 2. The Kier molecular flexibility index (Phi) is 1.69. The second kappa shape index (κ2) is 2.53. The van der Waals surface area contributed by atoms with E-state index in [9.17, 15) is 0 Å². The second-order valence-corrected chi connectivity index (χ2v) is 4.08. The average molecular weight is 149 g/mol. The molecule has 53 valence electrons. The lowest BCUT2D eigenvalue weighted by molar-refractivity contribution is 0.434. The van der Waals surface area contributed by atoms with E-state index in [0.717, 1.165) is 17.8 Å². The van der Waals surface area contributed by atoms with Crippen molar-refractivity contribution in [1.29, 1.82) is 0 Å². The van der Waals surface area contributed by atoms with Gasteiger partial charge in [0, 0.05) is 10.2 Å². The van der Waals surface area contributed by atoms with E-state index in [4.69, 9.17) is 0 Å². The Hall–Kier alpha value is -0.0431. The van der Waals surface area contributed by atoms with Crippen LogP contribution in [0.5, 0.6) is 0 Å². The van der Waals surface area contributed by atoms with Crippen LogP contribution in [0.1, 0.15) is 19.3 Å². The van der Waals surface area contributed by atoms with Crippen molar-refractivity contribution in [1.82, 2.24) is 0 Å². The minimum absolute atomic E-state index is 0.946. The van der Waals surface area contributed by atoms with Crippen molar-refractivity contribution in [2.75, 3.05) is 0 Å². The molecule has 1 heteroatoms. The van der Waals surface area contributed by atoms with Gasteiger partial charge in [-0.15, -0.1) is 0 Å². The molecule has 0 aliphatic heterocycles. The maximum atomic E-state index is 3.55. The largest absolute Gasteiger partial charge is 0.0851 e. The molecule has 0 amide bonds. The van der Waals surface area contributed by atoms with Gasteiger partial charge in [0.1, 0.15) is 0 Å². The third-order valence-electron chi connectivity index (χ3n) is 2.93. The average Bonchev–Trinajstić information content (AvgIpc) is 2.48. The highest BCUT2D eigenvalue weighted by atomic mass is 28.1.